The summed E-state index contributed by atoms with van der Waals surface area (Å²) in [7, 11) is 0. The maximum Gasteiger partial charge on any atom is 0.0406 e. The van der Waals surface area contributed by atoms with Crippen molar-refractivity contribution in [2.45, 2.75) is 40.5 Å². The molecule has 1 saturated carbocycles. The van der Waals surface area contributed by atoms with Gasteiger partial charge in [-0.1, -0.05) is 26.5 Å². The van der Waals surface area contributed by atoms with Gasteiger partial charge in [0.1, 0.15) is 0 Å². The van der Waals surface area contributed by atoms with E-state index in [1.54, 1.807) is 0 Å². The van der Waals surface area contributed by atoms with Crippen LogP contribution in [-0.2, 0) is 0 Å². The summed E-state index contributed by atoms with van der Waals surface area (Å²) in [6.45, 7) is 13.1. The first kappa shape index (κ1) is 11.6. The van der Waals surface area contributed by atoms with E-state index >= 15 is 0 Å². The van der Waals surface area contributed by atoms with Gasteiger partial charge in [-0.15, -0.1) is 0 Å². The molecule has 2 aliphatic rings. The lowest BCUT2D eigenvalue weighted by molar-refractivity contribution is 0.429. The molecule has 0 aromatic rings. The van der Waals surface area contributed by atoms with Crippen molar-refractivity contribution in [1.82, 2.24) is 0 Å². The molecule has 1 heterocycles. The fraction of sp³-hybridized carbons (Fsp3) is 0.667. The van der Waals surface area contributed by atoms with Gasteiger partial charge in [0.25, 0.3) is 0 Å². The van der Waals surface area contributed by atoms with Crippen LogP contribution in [0.4, 0.5) is 0 Å². The molecule has 3 atom stereocenters. The van der Waals surface area contributed by atoms with E-state index in [9.17, 15) is 0 Å². The second kappa shape index (κ2) is 4.20. The Morgan fingerprint density at radius 2 is 1.75 bits per heavy atom. The highest BCUT2D eigenvalue weighted by atomic mass is 14.8. The quantitative estimate of drug-likeness (QED) is 0.623. The highest BCUT2D eigenvalue weighted by Gasteiger charge is 2.34. The molecular weight excluding hydrogens is 194 g/mol. The van der Waals surface area contributed by atoms with Crippen LogP contribution in [-0.4, -0.2) is 5.71 Å². The van der Waals surface area contributed by atoms with Crippen LogP contribution in [0.3, 0.4) is 0 Å². The summed E-state index contributed by atoms with van der Waals surface area (Å²) in [6.07, 6.45) is 5.06. The van der Waals surface area contributed by atoms with Crippen LogP contribution in [0.1, 0.15) is 40.5 Å². The molecule has 0 amide bonds. The third-order valence-electron chi connectivity index (χ3n) is 4.52. The SMILES string of the molecule is C=C1N=C(C)C(C)=CC1C1CC(C)C(C)C1. The predicted molar refractivity (Wildman–Crippen MR) is 70.5 cm³/mol. The van der Waals surface area contributed by atoms with Crippen LogP contribution in [0.5, 0.6) is 0 Å². The van der Waals surface area contributed by atoms with Crippen molar-refractivity contribution in [2.75, 3.05) is 0 Å². The average Bonchev–Trinajstić information content (AvgIpc) is 2.53. The van der Waals surface area contributed by atoms with Crippen LogP contribution in [0, 0.1) is 23.7 Å². The predicted octanol–water partition coefficient (Wildman–Crippen LogP) is 4.22. The highest BCUT2D eigenvalue weighted by molar-refractivity contribution is 5.99. The van der Waals surface area contributed by atoms with Crippen molar-refractivity contribution in [3.63, 3.8) is 0 Å². The number of hydrogen-bond acceptors (Lipinski definition) is 1. The van der Waals surface area contributed by atoms with Crippen molar-refractivity contribution >= 4 is 5.71 Å². The maximum atomic E-state index is 4.59. The normalized spacial score (nSPS) is 39.6. The van der Waals surface area contributed by atoms with E-state index in [4.69, 9.17) is 0 Å². The summed E-state index contributed by atoms with van der Waals surface area (Å²) in [5, 5.41) is 0. The molecule has 0 spiro atoms. The second-order valence-corrected chi connectivity index (χ2v) is 5.75. The summed E-state index contributed by atoms with van der Waals surface area (Å²) < 4.78 is 0. The van der Waals surface area contributed by atoms with Gasteiger partial charge in [0.15, 0.2) is 0 Å². The first-order chi connectivity index (χ1) is 7.49. The van der Waals surface area contributed by atoms with E-state index in [-0.39, 0.29) is 0 Å². The number of hydrogen-bond donors (Lipinski definition) is 0. The molecule has 2 rings (SSSR count). The minimum atomic E-state index is 0.496. The zero-order valence-electron chi connectivity index (χ0n) is 11.0. The zero-order valence-corrected chi connectivity index (χ0v) is 11.0. The van der Waals surface area contributed by atoms with E-state index in [0.717, 1.165) is 29.2 Å². The lowest BCUT2D eigenvalue weighted by Crippen LogP contribution is -2.17. The maximum absolute atomic E-state index is 4.59. The Bertz CT molecular complexity index is 352. The van der Waals surface area contributed by atoms with Crippen molar-refractivity contribution in [3.05, 3.63) is 23.9 Å². The second-order valence-electron chi connectivity index (χ2n) is 5.75. The van der Waals surface area contributed by atoms with Crippen LogP contribution in [0.15, 0.2) is 28.9 Å². The van der Waals surface area contributed by atoms with Crippen LogP contribution >= 0.6 is 0 Å². The lowest BCUT2D eigenvalue weighted by Gasteiger charge is -2.25. The Balaban J connectivity index is 2.15. The van der Waals surface area contributed by atoms with Gasteiger partial charge in [-0.3, -0.25) is 4.99 Å². The molecule has 1 aliphatic carbocycles. The molecule has 0 aromatic carbocycles. The van der Waals surface area contributed by atoms with E-state index in [2.05, 4.69) is 45.3 Å². The molecule has 3 unspecified atom stereocenters. The van der Waals surface area contributed by atoms with Gasteiger partial charge in [-0.2, -0.15) is 0 Å². The molecule has 0 aromatic heterocycles. The Kier molecular flexibility index (Phi) is 3.05. The molecule has 16 heavy (non-hydrogen) atoms. The van der Waals surface area contributed by atoms with Gasteiger partial charge in [0.2, 0.25) is 0 Å². The number of rotatable bonds is 1. The molecule has 0 radical (unpaired) electrons. The molecule has 1 aliphatic heterocycles. The third kappa shape index (κ3) is 2.00. The van der Waals surface area contributed by atoms with E-state index in [1.165, 1.54) is 18.4 Å². The van der Waals surface area contributed by atoms with Gasteiger partial charge in [0.05, 0.1) is 0 Å². The van der Waals surface area contributed by atoms with Crippen molar-refractivity contribution in [2.24, 2.45) is 28.7 Å². The molecule has 0 bridgehead atoms. The largest absolute Gasteiger partial charge is 0.258 e. The van der Waals surface area contributed by atoms with Gasteiger partial charge in [-0.05, 0) is 50.0 Å². The Morgan fingerprint density at radius 3 is 2.31 bits per heavy atom. The van der Waals surface area contributed by atoms with Crippen LogP contribution < -0.4 is 0 Å². The molecular formula is C15H23N. The standard InChI is InChI=1S/C15H23N/c1-9-6-14(7-10(9)2)15-8-11(3)12(4)16-13(15)5/h8-10,14-15H,5-7H2,1-4H3. The first-order valence-corrected chi connectivity index (χ1v) is 6.42. The minimum Gasteiger partial charge on any atom is -0.258 e. The smallest absolute Gasteiger partial charge is 0.0406 e. The number of nitrogens with zero attached hydrogens (tertiary/aromatic N) is 1. The van der Waals surface area contributed by atoms with Gasteiger partial charge >= 0.3 is 0 Å². The van der Waals surface area contributed by atoms with Crippen molar-refractivity contribution < 1.29 is 0 Å². The van der Waals surface area contributed by atoms with Crippen LogP contribution in [0.2, 0.25) is 0 Å². The molecule has 1 fully saturated rings. The molecule has 1 heteroatoms. The average molecular weight is 217 g/mol. The van der Waals surface area contributed by atoms with Crippen LogP contribution in [0.25, 0.3) is 0 Å². The molecule has 0 saturated heterocycles. The van der Waals surface area contributed by atoms with E-state index < -0.39 is 0 Å². The fourth-order valence-corrected chi connectivity index (χ4v) is 3.08. The summed E-state index contributed by atoms with van der Waals surface area (Å²) in [6, 6.07) is 0. The minimum absolute atomic E-state index is 0.496. The summed E-state index contributed by atoms with van der Waals surface area (Å²) >= 11 is 0. The summed E-state index contributed by atoms with van der Waals surface area (Å²) in [5.74, 6) is 2.98. The molecule has 0 N–H and O–H groups in total. The lowest BCUT2D eigenvalue weighted by atomic mass is 9.84. The Morgan fingerprint density at radius 1 is 1.19 bits per heavy atom. The summed E-state index contributed by atoms with van der Waals surface area (Å²) in [4.78, 5) is 4.59. The topological polar surface area (TPSA) is 12.4 Å². The first-order valence-electron chi connectivity index (χ1n) is 6.42. The molecule has 88 valence electrons. The Hall–Kier alpha value is -0.850. The van der Waals surface area contributed by atoms with Gasteiger partial charge in [0, 0.05) is 17.3 Å². The van der Waals surface area contributed by atoms with Gasteiger partial charge < -0.3 is 0 Å². The van der Waals surface area contributed by atoms with Crippen molar-refractivity contribution in [3.8, 4) is 0 Å². The molecule has 1 nitrogen and oxygen atoms in total. The van der Waals surface area contributed by atoms with Gasteiger partial charge in [-0.25, -0.2) is 0 Å². The fourth-order valence-electron chi connectivity index (χ4n) is 3.08. The number of allylic oxidation sites excluding steroid dienone is 2. The van der Waals surface area contributed by atoms with Crippen molar-refractivity contribution in [1.29, 1.82) is 0 Å². The third-order valence-corrected chi connectivity index (χ3v) is 4.52. The summed E-state index contributed by atoms with van der Waals surface area (Å²) in [5.41, 5.74) is 3.55. The van der Waals surface area contributed by atoms with E-state index in [1.807, 2.05) is 0 Å². The zero-order chi connectivity index (χ0) is 11.9. The Labute approximate surface area is 99.4 Å². The van der Waals surface area contributed by atoms with E-state index in [0.29, 0.717) is 5.92 Å². The highest BCUT2D eigenvalue weighted by Crippen LogP contribution is 2.43. The monoisotopic (exact) mass is 217 g/mol. The number of dihydropyridines is 1. The number of aliphatic imine (C=N–C) groups is 1.